The van der Waals surface area contributed by atoms with Gasteiger partial charge in [-0.15, -0.1) is 10.2 Å². The van der Waals surface area contributed by atoms with E-state index < -0.39 is 0 Å². The van der Waals surface area contributed by atoms with Crippen molar-refractivity contribution in [2.75, 3.05) is 19.0 Å². The third-order valence-corrected chi connectivity index (χ3v) is 4.90. The van der Waals surface area contributed by atoms with Crippen LogP contribution in [0.2, 0.25) is 0 Å². The smallest absolute Gasteiger partial charge is 0.191 e. The van der Waals surface area contributed by atoms with Crippen LogP contribution >= 0.6 is 11.8 Å². The highest BCUT2D eigenvalue weighted by atomic mass is 32.2. The van der Waals surface area contributed by atoms with E-state index in [9.17, 15) is 0 Å². The Kier molecular flexibility index (Phi) is 7.16. The second-order valence-electron chi connectivity index (χ2n) is 6.12. The Morgan fingerprint density at radius 2 is 1.56 bits per heavy atom. The molecule has 0 radical (unpaired) electrons. The number of rotatable bonds is 10. The van der Waals surface area contributed by atoms with Crippen molar-refractivity contribution in [1.29, 1.82) is 0 Å². The molecule has 3 rings (SSSR count). The predicted octanol–water partition coefficient (Wildman–Crippen LogP) is 4.59. The molecule has 2 aromatic carbocycles. The van der Waals surface area contributed by atoms with Crippen molar-refractivity contribution in [2.45, 2.75) is 32.0 Å². The fraction of sp³-hybridized carbons (Fsp3) is 0.333. The van der Waals surface area contributed by atoms with Crippen LogP contribution in [0.5, 0.6) is 11.5 Å². The van der Waals surface area contributed by atoms with Crippen molar-refractivity contribution < 1.29 is 9.47 Å². The van der Waals surface area contributed by atoms with Gasteiger partial charge in [-0.2, -0.15) is 0 Å². The highest BCUT2D eigenvalue weighted by molar-refractivity contribution is 7.99. The van der Waals surface area contributed by atoms with Crippen LogP contribution in [0, 0.1) is 6.92 Å². The third-order valence-electron chi connectivity index (χ3n) is 3.97. The summed E-state index contributed by atoms with van der Waals surface area (Å²) in [5.74, 6) is 3.45. The zero-order chi connectivity index (χ0) is 18.9. The lowest BCUT2D eigenvalue weighted by atomic mass is 10.2. The molecule has 1 heterocycles. The molecule has 1 aromatic heterocycles. The molecular formula is C21H25N3O2S. The topological polar surface area (TPSA) is 49.2 Å². The summed E-state index contributed by atoms with van der Waals surface area (Å²) < 4.78 is 13.5. The number of nitrogens with zero attached hydrogens (tertiary/aromatic N) is 3. The number of ether oxygens (including phenoxy) is 2. The van der Waals surface area contributed by atoms with Gasteiger partial charge >= 0.3 is 0 Å². The van der Waals surface area contributed by atoms with E-state index in [-0.39, 0.29) is 0 Å². The molecule has 27 heavy (non-hydrogen) atoms. The highest BCUT2D eigenvalue weighted by Crippen LogP contribution is 2.20. The first kappa shape index (κ1) is 19.3. The van der Waals surface area contributed by atoms with Crippen molar-refractivity contribution in [3.05, 3.63) is 66.0 Å². The third kappa shape index (κ3) is 5.76. The van der Waals surface area contributed by atoms with Gasteiger partial charge in [-0.05, 0) is 43.2 Å². The maximum atomic E-state index is 5.82. The molecule has 0 unspecified atom stereocenters. The Hall–Kier alpha value is -2.47. The van der Waals surface area contributed by atoms with Gasteiger partial charge in [0.25, 0.3) is 0 Å². The van der Waals surface area contributed by atoms with Crippen LogP contribution < -0.4 is 9.47 Å². The minimum atomic E-state index is 0.608. The van der Waals surface area contributed by atoms with Crippen LogP contribution in [0.1, 0.15) is 24.7 Å². The second-order valence-corrected chi connectivity index (χ2v) is 7.18. The molecular weight excluding hydrogens is 358 g/mol. The molecule has 0 aliphatic rings. The monoisotopic (exact) mass is 383 g/mol. The number of benzene rings is 2. The molecule has 0 fully saturated rings. The lowest BCUT2D eigenvalue weighted by Gasteiger charge is -2.10. The largest absolute Gasteiger partial charge is 0.494 e. The maximum absolute atomic E-state index is 5.82. The number of hydrogen-bond donors (Lipinski definition) is 0. The SMILES string of the molecule is CCCOc1ccc(OCCSc2nnc(C)n2Cc2ccccc2)cc1. The molecule has 0 saturated heterocycles. The van der Waals surface area contributed by atoms with Crippen LogP contribution in [0.15, 0.2) is 59.8 Å². The zero-order valence-corrected chi connectivity index (χ0v) is 16.6. The molecule has 0 bridgehead atoms. The van der Waals surface area contributed by atoms with E-state index in [2.05, 4.69) is 33.8 Å². The van der Waals surface area contributed by atoms with Gasteiger partial charge in [-0.3, -0.25) is 0 Å². The van der Waals surface area contributed by atoms with E-state index in [0.29, 0.717) is 6.61 Å². The minimum absolute atomic E-state index is 0.608. The van der Waals surface area contributed by atoms with Crippen molar-refractivity contribution in [3.8, 4) is 11.5 Å². The molecule has 6 heteroatoms. The van der Waals surface area contributed by atoms with Crippen LogP contribution in [0.3, 0.4) is 0 Å². The fourth-order valence-electron chi connectivity index (χ4n) is 2.56. The van der Waals surface area contributed by atoms with Gasteiger partial charge in [0.05, 0.1) is 19.8 Å². The maximum Gasteiger partial charge on any atom is 0.191 e. The molecule has 0 saturated carbocycles. The standard InChI is InChI=1S/C21H25N3O2S/c1-3-13-25-19-9-11-20(12-10-19)26-14-15-27-21-23-22-17(2)24(21)16-18-7-5-4-6-8-18/h4-12H,3,13-16H2,1-2H3. The summed E-state index contributed by atoms with van der Waals surface area (Å²) in [6.07, 6.45) is 1.00. The lowest BCUT2D eigenvalue weighted by molar-refractivity contribution is 0.314. The fourth-order valence-corrected chi connectivity index (χ4v) is 3.36. The highest BCUT2D eigenvalue weighted by Gasteiger charge is 2.10. The molecule has 0 aliphatic heterocycles. The quantitative estimate of drug-likeness (QED) is 0.378. The van der Waals surface area contributed by atoms with E-state index >= 15 is 0 Å². The summed E-state index contributed by atoms with van der Waals surface area (Å²) in [7, 11) is 0. The molecule has 5 nitrogen and oxygen atoms in total. The van der Waals surface area contributed by atoms with Crippen molar-refractivity contribution in [3.63, 3.8) is 0 Å². The van der Waals surface area contributed by atoms with Crippen molar-refractivity contribution in [1.82, 2.24) is 14.8 Å². The van der Waals surface area contributed by atoms with E-state index in [1.807, 2.05) is 49.4 Å². The Morgan fingerprint density at radius 3 is 2.22 bits per heavy atom. The second kappa shape index (κ2) is 10.0. The molecule has 0 spiro atoms. The number of aromatic nitrogens is 3. The van der Waals surface area contributed by atoms with E-state index in [0.717, 1.165) is 47.8 Å². The van der Waals surface area contributed by atoms with Crippen LogP contribution in [0.4, 0.5) is 0 Å². The Balaban J connectivity index is 1.48. The van der Waals surface area contributed by atoms with Crippen LogP contribution in [-0.2, 0) is 6.54 Å². The molecule has 0 amide bonds. The van der Waals surface area contributed by atoms with Crippen molar-refractivity contribution in [2.24, 2.45) is 0 Å². The summed E-state index contributed by atoms with van der Waals surface area (Å²) in [6, 6.07) is 18.1. The number of thioether (sulfide) groups is 1. The van der Waals surface area contributed by atoms with Gasteiger partial charge in [0.2, 0.25) is 0 Å². The van der Waals surface area contributed by atoms with Gasteiger partial charge in [0.15, 0.2) is 5.16 Å². The van der Waals surface area contributed by atoms with Gasteiger partial charge in [0.1, 0.15) is 17.3 Å². The average Bonchev–Trinajstić information content (AvgIpc) is 3.05. The summed E-state index contributed by atoms with van der Waals surface area (Å²) in [5, 5.41) is 9.44. The summed E-state index contributed by atoms with van der Waals surface area (Å²) in [6.45, 7) is 6.20. The summed E-state index contributed by atoms with van der Waals surface area (Å²) in [5.41, 5.74) is 1.24. The van der Waals surface area contributed by atoms with Crippen LogP contribution in [0.25, 0.3) is 0 Å². The van der Waals surface area contributed by atoms with E-state index in [1.54, 1.807) is 11.8 Å². The van der Waals surface area contributed by atoms with Gasteiger partial charge < -0.3 is 14.0 Å². The van der Waals surface area contributed by atoms with Gasteiger partial charge in [-0.1, -0.05) is 49.0 Å². The van der Waals surface area contributed by atoms with E-state index in [1.165, 1.54) is 5.56 Å². The first-order valence-electron chi connectivity index (χ1n) is 9.18. The molecule has 0 aliphatic carbocycles. The first-order chi connectivity index (χ1) is 13.3. The molecule has 0 N–H and O–H groups in total. The molecule has 0 atom stereocenters. The number of hydrogen-bond acceptors (Lipinski definition) is 5. The van der Waals surface area contributed by atoms with Gasteiger partial charge in [0, 0.05) is 5.75 Å². The zero-order valence-electron chi connectivity index (χ0n) is 15.8. The Bertz CT molecular complexity index is 819. The lowest BCUT2D eigenvalue weighted by Crippen LogP contribution is -2.06. The Labute approximate surface area is 164 Å². The minimum Gasteiger partial charge on any atom is -0.494 e. The molecule has 142 valence electrons. The van der Waals surface area contributed by atoms with E-state index in [4.69, 9.17) is 9.47 Å². The Morgan fingerprint density at radius 1 is 0.889 bits per heavy atom. The first-order valence-corrected chi connectivity index (χ1v) is 10.2. The average molecular weight is 384 g/mol. The summed E-state index contributed by atoms with van der Waals surface area (Å²) in [4.78, 5) is 0. The molecule has 3 aromatic rings. The normalized spacial score (nSPS) is 10.7. The predicted molar refractivity (Wildman–Crippen MR) is 109 cm³/mol. The van der Waals surface area contributed by atoms with Gasteiger partial charge in [-0.25, -0.2) is 0 Å². The number of aryl methyl sites for hydroxylation is 1. The van der Waals surface area contributed by atoms with Crippen molar-refractivity contribution >= 4 is 11.8 Å². The van der Waals surface area contributed by atoms with Crippen LogP contribution in [-0.4, -0.2) is 33.7 Å². The summed E-state index contributed by atoms with van der Waals surface area (Å²) >= 11 is 1.66.